The van der Waals surface area contributed by atoms with Gasteiger partial charge in [0.15, 0.2) is 0 Å². The quantitative estimate of drug-likeness (QED) is 0.520. The fraction of sp³-hybridized carbons (Fsp3) is 0.208. The molecule has 162 valence electrons. The number of rotatable bonds is 6. The molecule has 4 N–H and O–H groups in total. The van der Waals surface area contributed by atoms with Crippen LogP contribution in [0, 0.1) is 12.3 Å². The standard InChI is InChI=1S/C24H25N7O/c1-3-17-6-4-5-7-20(17)28-21-14-23(27-16-19(21)24(25)32)29-22-9-8-18(15-26-22)31-12-10-30(2)11-13-31/h1,4-9,14-16H,10-13H2,2H3,(H2,25,32)(H2,26,27,28,29). The van der Waals surface area contributed by atoms with Gasteiger partial charge >= 0.3 is 0 Å². The zero-order valence-electron chi connectivity index (χ0n) is 17.9. The van der Waals surface area contributed by atoms with Crippen LogP contribution < -0.4 is 21.3 Å². The molecule has 1 amide bonds. The number of aromatic nitrogens is 2. The summed E-state index contributed by atoms with van der Waals surface area (Å²) in [5.41, 5.74) is 8.78. The third kappa shape index (κ3) is 4.79. The molecular formula is C24H25N7O. The number of nitrogens with one attached hydrogen (secondary N) is 2. The second kappa shape index (κ2) is 9.37. The van der Waals surface area contributed by atoms with Gasteiger partial charge in [-0.25, -0.2) is 9.97 Å². The summed E-state index contributed by atoms with van der Waals surface area (Å²) in [7, 11) is 2.13. The molecule has 0 bridgehead atoms. The smallest absolute Gasteiger partial charge is 0.252 e. The van der Waals surface area contributed by atoms with Crippen LogP contribution in [0.1, 0.15) is 15.9 Å². The van der Waals surface area contributed by atoms with Gasteiger partial charge < -0.3 is 26.2 Å². The molecule has 32 heavy (non-hydrogen) atoms. The van der Waals surface area contributed by atoms with Gasteiger partial charge in [-0.3, -0.25) is 4.79 Å². The van der Waals surface area contributed by atoms with E-state index in [2.05, 4.69) is 43.4 Å². The molecule has 3 aromatic rings. The monoisotopic (exact) mass is 427 g/mol. The second-order valence-corrected chi connectivity index (χ2v) is 7.61. The number of hydrogen-bond donors (Lipinski definition) is 3. The Labute approximate surface area is 187 Å². The zero-order chi connectivity index (χ0) is 22.5. The predicted octanol–water partition coefficient (Wildman–Crippen LogP) is 2.80. The van der Waals surface area contributed by atoms with E-state index in [9.17, 15) is 4.79 Å². The van der Waals surface area contributed by atoms with Gasteiger partial charge in [-0.1, -0.05) is 18.1 Å². The Morgan fingerprint density at radius 2 is 1.75 bits per heavy atom. The van der Waals surface area contributed by atoms with E-state index in [0.29, 0.717) is 28.6 Å². The van der Waals surface area contributed by atoms with Crippen molar-refractivity contribution in [3.63, 3.8) is 0 Å². The summed E-state index contributed by atoms with van der Waals surface area (Å²) in [4.78, 5) is 25.4. The van der Waals surface area contributed by atoms with E-state index >= 15 is 0 Å². The first kappa shape index (κ1) is 21.2. The van der Waals surface area contributed by atoms with Crippen LogP contribution in [-0.4, -0.2) is 54.0 Å². The highest BCUT2D eigenvalue weighted by atomic mass is 16.1. The molecule has 1 aliphatic rings. The maximum absolute atomic E-state index is 11.9. The minimum absolute atomic E-state index is 0.265. The van der Waals surface area contributed by atoms with Gasteiger partial charge in [-0.2, -0.15) is 0 Å². The lowest BCUT2D eigenvalue weighted by Gasteiger charge is -2.33. The molecule has 4 rings (SSSR count). The van der Waals surface area contributed by atoms with E-state index in [1.54, 1.807) is 6.07 Å². The third-order valence-corrected chi connectivity index (χ3v) is 5.39. The minimum Gasteiger partial charge on any atom is -0.368 e. The van der Waals surface area contributed by atoms with Crippen molar-refractivity contribution in [3.05, 3.63) is 66.0 Å². The molecule has 3 heterocycles. The summed E-state index contributed by atoms with van der Waals surface area (Å²) < 4.78 is 0. The largest absolute Gasteiger partial charge is 0.368 e. The first-order valence-corrected chi connectivity index (χ1v) is 10.3. The Hall–Kier alpha value is -4.09. The van der Waals surface area contributed by atoms with Crippen LogP contribution in [-0.2, 0) is 0 Å². The predicted molar refractivity (Wildman–Crippen MR) is 128 cm³/mol. The Bertz CT molecular complexity index is 1150. The molecule has 0 atom stereocenters. The number of piperazine rings is 1. The number of hydrogen-bond acceptors (Lipinski definition) is 7. The summed E-state index contributed by atoms with van der Waals surface area (Å²) in [6.07, 6.45) is 8.88. The zero-order valence-corrected chi connectivity index (χ0v) is 17.9. The maximum Gasteiger partial charge on any atom is 0.252 e. The second-order valence-electron chi connectivity index (χ2n) is 7.61. The molecule has 1 aliphatic heterocycles. The molecule has 0 unspecified atom stereocenters. The van der Waals surface area contributed by atoms with Crippen LogP contribution in [0.4, 0.5) is 28.7 Å². The topological polar surface area (TPSA) is 99.4 Å². The van der Waals surface area contributed by atoms with Gasteiger partial charge in [0.05, 0.1) is 28.8 Å². The highest BCUT2D eigenvalue weighted by Gasteiger charge is 2.15. The highest BCUT2D eigenvalue weighted by Crippen LogP contribution is 2.26. The van der Waals surface area contributed by atoms with Gasteiger partial charge in [-0.15, -0.1) is 6.42 Å². The fourth-order valence-electron chi connectivity index (χ4n) is 3.53. The summed E-state index contributed by atoms with van der Waals surface area (Å²) in [6.45, 7) is 4.04. The lowest BCUT2D eigenvalue weighted by atomic mass is 10.1. The molecule has 2 aromatic heterocycles. The molecule has 1 saturated heterocycles. The van der Waals surface area contributed by atoms with E-state index in [4.69, 9.17) is 12.2 Å². The van der Waals surface area contributed by atoms with Crippen molar-refractivity contribution in [2.45, 2.75) is 0 Å². The van der Waals surface area contributed by atoms with Crippen LogP contribution >= 0.6 is 0 Å². The first-order valence-electron chi connectivity index (χ1n) is 10.3. The summed E-state index contributed by atoms with van der Waals surface area (Å²) in [5.74, 6) is 3.22. The Balaban J connectivity index is 1.53. The van der Waals surface area contributed by atoms with Crippen molar-refractivity contribution in [1.82, 2.24) is 14.9 Å². The van der Waals surface area contributed by atoms with Crippen molar-refractivity contribution >= 4 is 34.6 Å². The van der Waals surface area contributed by atoms with Crippen LogP contribution in [0.2, 0.25) is 0 Å². The number of amides is 1. The van der Waals surface area contributed by atoms with Gasteiger partial charge in [-0.05, 0) is 31.3 Å². The van der Waals surface area contributed by atoms with Crippen molar-refractivity contribution < 1.29 is 4.79 Å². The van der Waals surface area contributed by atoms with Gasteiger partial charge in [0.1, 0.15) is 11.6 Å². The number of carbonyl (C=O) groups is 1. The number of terminal acetylenes is 1. The number of nitrogens with two attached hydrogens (primary N) is 1. The summed E-state index contributed by atoms with van der Waals surface area (Å²) in [6, 6.07) is 13.0. The molecule has 1 aromatic carbocycles. The van der Waals surface area contributed by atoms with Crippen molar-refractivity contribution in [1.29, 1.82) is 0 Å². The molecule has 0 radical (unpaired) electrons. The molecule has 8 nitrogen and oxygen atoms in total. The maximum atomic E-state index is 11.9. The Morgan fingerprint density at radius 3 is 2.44 bits per heavy atom. The van der Waals surface area contributed by atoms with Crippen LogP contribution in [0.5, 0.6) is 0 Å². The van der Waals surface area contributed by atoms with Crippen LogP contribution in [0.25, 0.3) is 0 Å². The van der Waals surface area contributed by atoms with Crippen LogP contribution in [0.15, 0.2) is 54.9 Å². The fourth-order valence-corrected chi connectivity index (χ4v) is 3.53. The number of primary amides is 1. The SMILES string of the molecule is C#Cc1ccccc1Nc1cc(Nc2ccc(N3CCN(C)CC3)cn2)ncc1C(N)=O. The van der Waals surface area contributed by atoms with Crippen LogP contribution in [0.3, 0.4) is 0 Å². The first-order chi connectivity index (χ1) is 15.5. The highest BCUT2D eigenvalue weighted by molar-refractivity contribution is 5.99. The Kier molecular flexibility index (Phi) is 6.19. The van der Waals surface area contributed by atoms with E-state index in [-0.39, 0.29) is 5.56 Å². The van der Waals surface area contributed by atoms with Crippen molar-refractivity contribution in [3.8, 4) is 12.3 Å². The number of carbonyl (C=O) groups excluding carboxylic acids is 1. The lowest BCUT2D eigenvalue weighted by Crippen LogP contribution is -2.44. The number of benzene rings is 1. The third-order valence-electron chi connectivity index (χ3n) is 5.39. The Morgan fingerprint density at radius 1 is 1.00 bits per heavy atom. The normalized spacial score (nSPS) is 13.9. The molecule has 8 heteroatoms. The van der Waals surface area contributed by atoms with Gasteiger partial charge in [0, 0.05) is 44.0 Å². The minimum atomic E-state index is -0.584. The summed E-state index contributed by atoms with van der Waals surface area (Å²) in [5, 5.41) is 6.38. The van der Waals surface area contributed by atoms with Crippen molar-refractivity contribution in [2.24, 2.45) is 5.73 Å². The molecule has 0 saturated carbocycles. The van der Waals surface area contributed by atoms with Gasteiger partial charge in [0.2, 0.25) is 0 Å². The average molecular weight is 428 g/mol. The number of anilines is 5. The number of nitrogens with zero attached hydrogens (tertiary/aromatic N) is 4. The molecular weight excluding hydrogens is 402 g/mol. The average Bonchev–Trinajstić information content (AvgIpc) is 2.80. The van der Waals surface area contributed by atoms with Gasteiger partial charge in [0.25, 0.3) is 5.91 Å². The molecule has 0 aliphatic carbocycles. The molecule has 0 spiro atoms. The van der Waals surface area contributed by atoms with Crippen molar-refractivity contribution in [2.75, 3.05) is 48.8 Å². The number of para-hydroxylation sites is 1. The van der Waals surface area contributed by atoms with E-state index < -0.39 is 5.91 Å². The number of likely N-dealkylation sites (N-methyl/N-ethyl adjacent to an activating group) is 1. The lowest BCUT2D eigenvalue weighted by molar-refractivity contribution is 0.100. The van der Waals surface area contributed by atoms with E-state index in [0.717, 1.165) is 31.9 Å². The van der Waals surface area contributed by atoms with E-state index in [1.807, 2.05) is 42.6 Å². The van der Waals surface area contributed by atoms with E-state index in [1.165, 1.54) is 6.20 Å². The molecule has 1 fully saturated rings. The number of pyridine rings is 2. The summed E-state index contributed by atoms with van der Waals surface area (Å²) >= 11 is 0.